The van der Waals surface area contributed by atoms with Crippen molar-refractivity contribution >= 4 is 6.08 Å². The Kier molecular flexibility index (Phi) is 8.37. The van der Waals surface area contributed by atoms with Crippen LogP contribution in [0.15, 0.2) is 84.9 Å². The molecule has 2 aliphatic heterocycles. The Morgan fingerprint density at radius 2 is 1.39 bits per heavy atom. The molecule has 0 radical (unpaired) electrons. The first-order valence-corrected chi connectivity index (χ1v) is 14.9. The summed E-state index contributed by atoms with van der Waals surface area (Å²) in [5.41, 5.74) is 5.94. The topological polar surface area (TPSA) is 53.3 Å². The van der Waals surface area contributed by atoms with E-state index in [1.807, 2.05) is 4.68 Å². The zero-order chi connectivity index (χ0) is 28.1. The van der Waals surface area contributed by atoms with Crippen molar-refractivity contribution in [1.29, 1.82) is 0 Å². The van der Waals surface area contributed by atoms with Crippen molar-refractivity contribution in [2.75, 3.05) is 45.8 Å². The van der Waals surface area contributed by atoms with Gasteiger partial charge in [-0.15, -0.1) is 5.10 Å². The molecular formula is C34H41N7. The molecule has 0 aliphatic carbocycles. The van der Waals surface area contributed by atoms with E-state index in [0.717, 1.165) is 76.7 Å². The van der Waals surface area contributed by atoms with Gasteiger partial charge in [0.2, 0.25) is 0 Å². The number of piperazine rings is 1. The molecule has 4 aromatic rings. The second kappa shape index (κ2) is 12.5. The Morgan fingerprint density at radius 1 is 0.732 bits per heavy atom. The number of piperidine rings is 1. The number of likely N-dealkylation sites (tertiary alicyclic amines) is 1. The van der Waals surface area contributed by atoms with Gasteiger partial charge in [0, 0.05) is 52.4 Å². The Bertz CT molecular complexity index is 1410. The Morgan fingerprint density at radius 3 is 2.07 bits per heavy atom. The van der Waals surface area contributed by atoms with Crippen LogP contribution in [0.25, 0.3) is 11.8 Å². The zero-order valence-electron chi connectivity index (χ0n) is 24.4. The predicted molar refractivity (Wildman–Crippen MR) is 165 cm³/mol. The van der Waals surface area contributed by atoms with Gasteiger partial charge in [-0.25, -0.2) is 0 Å². The summed E-state index contributed by atoms with van der Waals surface area (Å²) in [4.78, 5) is 7.84. The number of rotatable bonds is 8. The Balaban J connectivity index is 1.23. The maximum Gasteiger partial charge on any atom is 0.177 e. The summed E-state index contributed by atoms with van der Waals surface area (Å²) in [6.07, 6.45) is 6.55. The number of para-hydroxylation sites is 1. The second-order valence-corrected chi connectivity index (χ2v) is 11.5. The van der Waals surface area contributed by atoms with Gasteiger partial charge in [0.05, 0.1) is 11.2 Å². The molecule has 0 unspecified atom stereocenters. The van der Waals surface area contributed by atoms with Gasteiger partial charge in [0.15, 0.2) is 5.82 Å². The van der Waals surface area contributed by atoms with Gasteiger partial charge in [-0.1, -0.05) is 91.0 Å². The van der Waals surface area contributed by atoms with E-state index in [-0.39, 0.29) is 5.54 Å². The maximum absolute atomic E-state index is 4.77. The maximum atomic E-state index is 4.77. The lowest BCUT2D eigenvalue weighted by Crippen LogP contribution is -2.59. The molecule has 2 aliphatic rings. The molecule has 7 heteroatoms. The van der Waals surface area contributed by atoms with Gasteiger partial charge in [-0.3, -0.25) is 14.7 Å². The van der Waals surface area contributed by atoms with E-state index in [0.29, 0.717) is 0 Å². The molecule has 6 rings (SSSR count). The molecular weight excluding hydrogens is 506 g/mol. The number of nitrogens with zero attached hydrogens (tertiary/aromatic N) is 7. The van der Waals surface area contributed by atoms with Crippen LogP contribution in [-0.2, 0) is 12.1 Å². The minimum absolute atomic E-state index is 0.197. The molecule has 0 saturated carbocycles. The molecule has 0 bridgehead atoms. The molecule has 0 amide bonds. The van der Waals surface area contributed by atoms with E-state index in [4.69, 9.17) is 5.10 Å². The van der Waals surface area contributed by atoms with Crippen LogP contribution in [0.1, 0.15) is 40.9 Å². The summed E-state index contributed by atoms with van der Waals surface area (Å²) in [5, 5.41) is 13.6. The number of benzene rings is 3. The van der Waals surface area contributed by atoms with Crippen LogP contribution in [0.5, 0.6) is 0 Å². The Hall–Kier alpha value is -3.65. The van der Waals surface area contributed by atoms with E-state index in [9.17, 15) is 0 Å². The summed E-state index contributed by atoms with van der Waals surface area (Å²) < 4.78 is 2.05. The van der Waals surface area contributed by atoms with Crippen molar-refractivity contribution in [2.45, 2.75) is 38.8 Å². The SMILES string of the molecule is Cc1cccc(C)c1-n1nnnc1C1(N2CCN(CC=Cc3ccccc3)CC2)CCN(Cc2ccccc2)CC1. The van der Waals surface area contributed by atoms with E-state index in [1.165, 1.54) is 22.3 Å². The first kappa shape index (κ1) is 27.5. The fourth-order valence-corrected chi connectivity index (χ4v) is 6.63. The van der Waals surface area contributed by atoms with Crippen molar-refractivity contribution in [2.24, 2.45) is 0 Å². The van der Waals surface area contributed by atoms with Crippen LogP contribution in [0, 0.1) is 13.8 Å². The minimum Gasteiger partial charge on any atom is -0.299 e. The van der Waals surface area contributed by atoms with Gasteiger partial charge in [-0.2, -0.15) is 4.68 Å². The largest absolute Gasteiger partial charge is 0.299 e. The third-order valence-electron chi connectivity index (χ3n) is 8.92. The zero-order valence-corrected chi connectivity index (χ0v) is 24.4. The third-order valence-corrected chi connectivity index (χ3v) is 8.92. The van der Waals surface area contributed by atoms with E-state index >= 15 is 0 Å². The number of aromatic nitrogens is 4. The molecule has 3 heterocycles. The summed E-state index contributed by atoms with van der Waals surface area (Å²) in [6, 6.07) is 27.8. The molecule has 212 valence electrons. The highest BCUT2D eigenvalue weighted by Crippen LogP contribution is 2.40. The van der Waals surface area contributed by atoms with Gasteiger partial charge in [-0.05, 0) is 59.4 Å². The lowest BCUT2D eigenvalue weighted by Gasteiger charge is -2.50. The van der Waals surface area contributed by atoms with Crippen LogP contribution in [-0.4, -0.2) is 80.7 Å². The van der Waals surface area contributed by atoms with Crippen LogP contribution < -0.4 is 0 Å². The predicted octanol–water partition coefficient (Wildman–Crippen LogP) is 5.10. The van der Waals surface area contributed by atoms with Crippen molar-refractivity contribution < 1.29 is 0 Å². The first-order valence-electron chi connectivity index (χ1n) is 14.9. The molecule has 3 aromatic carbocycles. The average molecular weight is 548 g/mol. The summed E-state index contributed by atoms with van der Waals surface area (Å²) in [6.45, 7) is 12.4. The van der Waals surface area contributed by atoms with Gasteiger partial charge in [0.25, 0.3) is 0 Å². The lowest BCUT2D eigenvalue weighted by molar-refractivity contribution is -0.0207. The molecule has 0 spiro atoms. The standard InChI is InChI=1S/C34H41N7/c1-28-11-9-12-29(2)32(28)41-33(35-36-37-41)34(18-21-39(22-19-34)27-31-15-7-4-8-16-31)40-25-23-38(24-26-40)20-10-17-30-13-5-3-6-14-30/h3-17H,18-27H2,1-2H3. The fraction of sp³-hybridized carbons (Fsp3) is 0.382. The second-order valence-electron chi connectivity index (χ2n) is 11.5. The monoisotopic (exact) mass is 547 g/mol. The quantitative estimate of drug-likeness (QED) is 0.306. The van der Waals surface area contributed by atoms with Gasteiger partial charge >= 0.3 is 0 Å². The number of hydrogen-bond donors (Lipinski definition) is 0. The highest BCUT2D eigenvalue weighted by Gasteiger charge is 2.46. The molecule has 7 nitrogen and oxygen atoms in total. The number of hydrogen-bond acceptors (Lipinski definition) is 6. The summed E-state index contributed by atoms with van der Waals surface area (Å²) in [5.74, 6) is 0.992. The summed E-state index contributed by atoms with van der Waals surface area (Å²) >= 11 is 0. The highest BCUT2D eigenvalue weighted by molar-refractivity contribution is 5.49. The fourth-order valence-electron chi connectivity index (χ4n) is 6.63. The number of aryl methyl sites for hydroxylation is 2. The normalized spacial score (nSPS) is 18.7. The van der Waals surface area contributed by atoms with Crippen LogP contribution >= 0.6 is 0 Å². The van der Waals surface area contributed by atoms with Gasteiger partial charge in [0.1, 0.15) is 0 Å². The van der Waals surface area contributed by atoms with Crippen LogP contribution in [0.4, 0.5) is 0 Å². The lowest BCUT2D eigenvalue weighted by atomic mass is 9.83. The average Bonchev–Trinajstić information content (AvgIpc) is 3.49. The highest BCUT2D eigenvalue weighted by atomic mass is 15.6. The minimum atomic E-state index is -0.197. The van der Waals surface area contributed by atoms with E-state index in [2.05, 4.69) is 130 Å². The first-order chi connectivity index (χ1) is 20.1. The van der Waals surface area contributed by atoms with Crippen molar-refractivity contribution in [3.8, 4) is 5.69 Å². The smallest absolute Gasteiger partial charge is 0.177 e. The molecule has 2 fully saturated rings. The Labute approximate surface area is 244 Å². The molecule has 0 atom stereocenters. The summed E-state index contributed by atoms with van der Waals surface area (Å²) in [7, 11) is 0. The number of tetrazole rings is 1. The van der Waals surface area contributed by atoms with Crippen molar-refractivity contribution in [3.05, 3.63) is 113 Å². The molecule has 41 heavy (non-hydrogen) atoms. The molecule has 1 aromatic heterocycles. The van der Waals surface area contributed by atoms with Crippen LogP contribution in [0.2, 0.25) is 0 Å². The van der Waals surface area contributed by atoms with Gasteiger partial charge < -0.3 is 0 Å². The molecule has 0 N–H and O–H groups in total. The van der Waals surface area contributed by atoms with Crippen molar-refractivity contribution in [1.82, 2.24) is 34.9 Å². The van der Waals surface area contributed by atoms with Crippen LogP contribution in [0.3, 0.4) is 0 Å². The van der Waals surface area contributed by atoms with Crippen molar-refractivity contribution in [3.63, 3.8) is 0 Å². The van der Waals surface area contributed by atoms with E-state index < -0.39 is 0 Å². The van der Waals surface area contributed by atoms with E-state index in [1.54, 1.807) is 0 Å². The third kappa shape index (κ3) is 6.03. The molecule has 2 saturated heterocycles.